The standard InChI is InChI=1S/C20H18N4O/c1-24(2)17-9-7-16(8-10-17)20-13-19(21-22-20)15-5-3-14(4-6-15)18-11-12-25-23-18/h3-13H,1-2H3,(H,21,22). The van der Waals surface area contributed by atoms with E-state index in [1.165, 1.54) is 5.69 Å². The van der Waals surface area contributed by atoms with Gasteiger partial charge in [0.05, 0.1) is 11.4 Å². The summed E-state index contributed by atoms with van der Waals surface area (Å²) in [7, 11) is 4.07. The minimum Gasteiger partial charge on any atom is -0.378 e. The number of hydrogen-bond acceptors (Lipinski definition) is 4. The van der Waals surface area contributed by atoms with Crippen molar-refractivity contribution in [2.24, 2.45) is 0 Å². The zero-order valence-corrected chi connectivity index (χ0v) is 14.1. The number of H-pyrrole nitrogens is 1. The first-order valence-corrected chi connectivity index (χ1v) is 8.05. The fourth-order valence-electron chi connectivity index (χ4n) is 2.73. The molecule has 0 spiro atoms. The van der Waals surface area contributed by atoms with E-state index in [9.17, 15) is 0 Å². The largest absolute Gasteiger partial charge is 0.378 e. The minimum absolute atomic E-state index is 0.829. The molecule has 5 nitrogen and oxygen atoms in total. The van der Waals surface area contributed by atoms with E-state index < -0.39 is 0 Å². The summed E-state index contributed by atoms with van der Waals surface area (Å²) in [6.07, 6.45) is 1.57. The maximum atomic E-state index is 4.89. The van der Waals surface area contributed by atoms with Gasteiger partial charge in [-0.25, -0.2) is 0 Å². The highest BCUT2D eigenvalue weighted by atomic mass is 16.5. The van der Waals surface area contributed by atoms with Crippen LogP contribution in [0.1, 0.15) is 0 Å². The number of benzene rings is 2. The average Bonchev–Trinajstić information content (AvgIpc) is 3.34. The van der Waals surface area contributed by atoms with Gasteiger partial charge in [0.2, 0.25) is 0 Å². The molecule has 0 atom stereocenters. The van der Waals surface area contributed by atoms with Gasteiger partial charge in [0, 0.05) is 37.0 Å². The van der Waals surface area contributed by atoms with Crippen LogP contribution in [0.25, 0.3) is 33.8 Å². The van der Waals surface area contributed by atoms with Crippen LogP contribution in [0.15, 0.2) is 71.4 Å². The first-order chi connectivity index (χ1) is 12.2. The summed E-state index contributed by atoms with van der Waals surface area (Å²) in [5.74, 6) is 0. The van der Waals surface area contributed by atoms with E-state index in [-0.39, 0.29) is 0 Å². The van der Waals surface area contributed by atoms with Gasteiger partial charge in [-0.15, -0.1) is 0 Å². The second-order valence-electron chi connectivity index (χ2n) is 6.07. The Kier molecular flexibility index (Phi) is 3.82. The van der Waals surface area contributed by atoms with Gasteiger partial charge in [0.15, 0.2) is 0 Å². The monoisotopic (exact) mass is 330 g/mol. The molecule has 0 aliphatic rings. The van der Waals surface area contributed by atoms with Gasteiger partial charge in [-0.2, -0.15) is 5.10 Å². The quantitative estimate of drug-likeness (QED) is 0.600. The molecule has 2 aromatic carbocycles. The lowest BCUT2D eigenvalue weighted by atomic mass is 10.1. The van der Waals surface area contributed by atoms with Crippen molar-refractivity contribution in [1.29, 1.82) is 0 Å². The summed E-state index contributed by atoms with van der Waals surface area (Å²) in [5.41, 5.74) is 7.11. The minimum atomic E-state index is 0.829. The highest BCUT2D eigenvalue weighted by Gasteiger charge is 2.07. The highest BCUT2D eigenvalue weighted by Crippen LogP contribution is 2.27. The van der Waals surface area contributed by atoms with Crippen molar-refractivity contribution in [3.05, 3.63) is 66.9 Å². The molecule has 1 N–H and O–H groups in total. The Balaban J connectivity index is 1.58. The van der Waals surface area contributed by atoms with Crippen molar-refractivity contribution in [3.63, 3.8) is 0 Å². The topological polar surface area (TPSA) is 58.0 Å². The fourth-order valence-corrected chi connectivity index (χ4v) is 2.73. The second kappa shape index (κ2) is 6.28. The van der Waals surface area contributed by atoms with Crippen LogP contribution in [0.3, 0.4) is 0 Å². The van der Waals surface area contributed by atoms with Gasteiger partial charge in [-0.05, 0) is 23.8 Å². The van der Waals surface area contributed by atoms with Crippen molar-refractivity contribution < 1.29 is 4.52 Å². The van der Waals surface area contributed by atoms with E-state index >= 15 is 0 Å². The third-order valence-corrected chi connectivity index (χ3v) is 4.19. The van der Waals surface area contributed by atoms with E-state index in [2.05, 4.69) is 50.6 Å². The Bertz CT molecular complexity index is 952. The Labute approximate surface area is 145 Å². The molecule has 0 amide bonds. The van der Waals surface area contributed by atoms with Crippen molar-refractivity contribution in [2.45, 2.75) is 0 Å². The Morgan fingerprint density at radius 1 is 0.800 bits per heavy atom. The van der Waals surface area contributed by atoms with Crippen LogP contribution in [0.5, 0.6) is 0 Å². The summed E-state index contributed by atoms with van der Waals surface area (Å²) in [6, 6.07) is 20.4. The van der Waals surface area contributed by atoms with Gasteiger partial charge in [-0.1, -0.05) is 41.6 Å². The van der Waals surface area contributed by atoms with E-state index in [4.69, 9.17) is 4.52 Å². The van der Waals surface area contributed by atoms with E-state index in [1.54, 1.807) is 6.26 Å². The van der Waals surface area contributed by atoms with Crippen molar-refractivity contribution in [2.75, 3.05) is 19.0 Å². The molecule has 0 radical (unpaired) electrons. The van der Waals surface area contributed by atoms with E-state index in [0.29, 0.717) is 0 Å². The molecule has 0 saturated carbocycles. The molecule has 0 unspecified atom stereocenters. The predicted molar refractivity (Wildman–Crippen MR) is 99.3 cm³/mol. The van der Waals surface area contributed by atoms with E-state index in [1.807, 2.05) is 44.4 Å². The number of aromatic amines is 1. The Morgan fingerprint density at radius 2 is 1.44 bits per heavy atom. The molecular weight excluding hydrogens is 312 g/mol. The summed E-state index contributed by atoms with van der Waals surface area (Å²) >= 11 is 0. The molecule has 25 heavy (non-hydrogen) atoms. The van der Waals surface area contributed by atoms with Gasteiger partial charge in [-0.3, -0.25) is 5.10 Å². The fraction of sp³-hybridized carbons (Fsp3) is 0.100. The molecule has 124 valence electrons. The smallest absolute Gasteiger partial charge is 0.124 e. The Morgan fingerprint density at radius 3 is 2.04 bits per heavy atom. The van der Waals surface area contributed by atoms with Gasteiger partial charge < -0.3 is 9.42 Å². The average molecular weight is 330 g/mol. The number of anilines is 1. The maximum absolute atomic E-state index is 4.89. The van der Waals surface area contributed by atoms with E-state index in [0.717, 1.165) is 33.8 Å². The molecule has 0 fully saturated rings. The molecule has 0 bridgehead atoms. The summed E-state index contributed by atoms with van der Waals surface area (Å²) in [6.45, 7) is 0. The molecule has 4 rings (SSSR count). The first kappa shape index (κ1) is 15.2. The Hall–Kier alpha value is -3.34. The third kappa shape index (κ3) is 3.04. The van der Waals surface area contributed by atoms with Crippen LogP contribution in [-0.2, 0) is 0 Å². The van der Waals surface area contributed by atoms with Crippen LogP contribution < -0.4 is 4.90 Å². The van der Waals surface area contributed by atoms with Gasteiger partial charge >= 0.3 is 0 Å². The zero-order valence-electron chi connectivity index (χ0n) is 14.1. The van der Waals surface area contributed by atoms with Crippen LogP contribution in [0, 0.1) is 0 Å². The maximum Gasteiger partial charge on any atom is 0.124 e. The molecule has 5 heteroatoms. The number of nitrogens with zero attached hydrogens (tertiary/aromatic N) is 3. The lowest BCUT2D eigenvalue weighted by molar-refractivity contribution is 0.422. The molecule has 0 aliphatic carbocycles. The normalized spacial score (nSPS) is 10.8. The lowest BCUT2D eigenvalue weighted by Crippen LogP contribution is -2.07. The zero-order chi connectivity index (χ0) is 17.2. The first-order valence-electron chi connectivity index (χ1n) is 8.05. The molecule has 2 aromatic heterocycles. The number of hydrogen-bond donors (Lipinski definition) is 1. The summed E-state index contributed by atoms with van der Waals surface area (Å²) in [4.78, 5) is 2.08. The SMILES string of the molecule is CN(C)c1ccc(-c2cc(-c3ccc(-c4ccon4)cc3)n[nH]2)cc1. The molecule has 0 aliphatic heterocycles. The van der Waals surface area contributed by atoms with Crippen LogP contribution in [0.4, 0.5) is 5.69 Å². The number of nitrogens with one attached hydrogen (secondary N) is 1. The van der Waals surface area contributed by atoms with Crippen molar-refractivity contribution >= 4 is 5.69 Å². The second-order valence-corrected chi connectivity index (χ2v) is 6.07. The summed E-state index contributed by atoms with van der Waals surface area (Å²) in [5, 5.41) is 11.5. The van der Waals surface area contributed by atoms with Crippen LogP contribution in [0.2, 0.25) is 0 Å². The number of rotatable bonds is 4. The van der Waals surface area contributed by atoms with Crippen LogP contribution >= 0.6 is 0 Å². The molecular formula is C20H18N4O. The summed E-state index contributed by atoms with van der Waals surface area (Å²) < 4.78 is 4.89. The van der Waals surface area contributed by atoms with Crippen molar-refractivity contribution in [3.8, 4) is 33.8 Å². The van der Waals surface area contributed by atoms with Crippen LogP contribution in [-0.4, -0.2) is 29.4 Å². The predicted octanol–water partition coefficient (Wildman–Crippen LogP) is 4.46. The molecule has 4 aromatic rings. The molecule has 0 saturated heterocycles. The third-order valence-electron chi connectivity index (χ3n) is 4.19. The van der Waals surface area contributed by atoms with Crippen molar-refractivity contribution in [1.82, 2.24) is 15.4 Å². The molecule has 2 heterocycles. The van der Waals surface area contributed by atoms with Gasteiger partial charge in [0.1, 0.15) is 12.0 Å². The number of aromatic nitrogens is 3. The highest BCUT2D eigenvalue weighted by molar-refractivity contribution is 5.71. The lowest BCUT2D eigenvalue weighted by Gasteiger charge is -2.12. The van der Waals surface area contributed by atoms with Gasteiger partial charge in [0.25, 0.3) is 0 Å².